The van der Waals surface area contributed by atoms with Gasteiger partial charge >= 0.3 is 0 Å². The minimum absolute atomic E-state index is 0.879. The molecule has 0 saturated heterocycles. The zero-order valence-corrected chi connectivity index (χ0v) is 19.0. The van der Waals surface area contributed by atoms with Crippen molar-refractivity contribution in [3.8, 4) is 0 Å². The van der Waals surface area contributed by atoms with Crippen LogP contribution >= 0.6 is 0 Å². The summed E-state index contributed by atoms with van der Waals surface area (Å²) in [6.45, 7) is 9.48. The molecule has 0 spiro atoms. The van der Waals surface area contributed by atoms with Crippen molar-refractivity contribution in [1.29, 1.82) is 0 Å². The second-order valence-electron chi connectivity index (χ2n) is 8.96. The first-order chi connectivity index (χ1) is 12.7. The van der Waals surface area contributed by atoms with Gasteiger partial charge in [-0.3, -0.25) is 0 Å². The van der Waals surface area contributed by atoms with Crippen molar-refractivity contribution in [2.24, 2.45) is 11.8 Å². The fourth-order valence-corrected chi connectivity index (χ4v) is 3.84. The Labute approximate surface area is 167 Å². The molecule has 0 aromatic rings. The molecular weight excluding hydrogens is 312 g/mol. The molecule has 0 bridgehead atoms. The fourth-order valence-electron chi connectivity index (χ4n) is 3.84. The van der Waals surface area contributed by atoms with Crippen LogP contribution in [0.5, 0.6) is 0 Å². The maximum absolute atomic E-state index is 2.46. The lowest BCUT2D eigenvalue weighted by atomic mass is 9.96. The van der Waals surface area contributed by atoms with Gasteiger partial charge < -0.3 is 0 Å². The summed E-state index contributed by atoms with van der Waals surface area (Å²) in [4.78, 5) is 0. The van der Waals surface area contributed by atoms with Gasteiger partial charge in [0.25, 0.3) is 0 Å². The van der Waals surface area contributed by atoms with Crippen molar-refractivity contribution in [1.82, 2.24) is 0 Å². The number of unbranched alkanes of at least 4 members (excludes halogenated alkanes) is 11. The molecule has 0 heteroatoms. The third-order valence-electron chi connectivity index (χ3n) is 5.87. The van der Waals surface area contributed by atoms with Gasteiger partial charge in [0.2, 0.25) is 0 Å². The van der Waals surface area contributed by atoms with Gasteiger partial charge in [0.05, 0.1) is 0 Å². The van der Waals surface area contributed by atoms with Crippen LogP contribution in [0.2, 0.25) is 0 Å². The van der Waals surface area contributed by atoms with Gasteiger partial charge in [0, 0.05) is 0 Å². The highest BCUT2D eigenvalue weighted by Crippen LogP contribution is 2.18. The first-order valence-corrected chi connectivity index (χ1v) is 12.4. The average molecular weight is 365 g/mol. The van der Waals surface area contributed by atoms with E-state index in [1.165, 1.54) is 116 Å². The first-order valence-electron chi connectivity index (χ1n) is 12.4. The summed E-state index contributed by atoms with van der Waals surface area (Å²) in [5.41, 5.74) is 0. The monoisotopic (exact) mass is 364 g/mol. The summed E-state index contributed by atoms with van der Waals surface area (Å²) in [7, 11) is 0. The average Bonchev–Trinajstić information content (AvgIpc) is 2.63. The molecule has 0 aliphatic carbocycles. The second kappa shape index (κ2) is 21.0. The number of hydrogen-bond donors (Lipinski definition) is 0. The third kappa shape index (κ3) is 20.1. The summed E-state index contributed by atoms with van der Waals surface area (Å²) >= 11 is 0. The van der Waals surface area contributed by atoms with Crippen LogP contribution in [0.3, 0.4) is 0 Å². The number of rotatable bonds is 20. The third-order valence-corrected chi connectivity index (χ3v) is 5.87. The highest BCUT2D eigenvalue weighted by Gasteiger charge is 2.02. The molecule has 0 heterocycles. The van der Waals surface area contributed by atoms with Crippen LogP contribution < -0.4 is 0 Å². The maximum atomic E-state index is 2.46. The van der Waals surface area contributed by atoms with E-state index in [2.05, 4.69) is 39.8 Å². The minimum atomic E-state index is 0.879. The summed E-state index contributed by atoms with van der Waals surface area (Å²) in [6.07, 6.45) is 30.4. The zero-order valence-electron chi connectivity index (χ0n) is 19.0. The fraction of sp³-hybridized carbons (Fsp3) is 0.923. The largest absolute Gasteiger partial charge is 0.0885 e. The van der Waals surface area contributed by atoms with E-state index in [0.717, 1.165) is 11.8 Å². The molecule has 26 heavy (non-hydrogen) atoms. The Morgan fingerprint density at radius 1 is 0.500 bits per heavy atom. The minimum Gasteiger partial charge on any atom is -0.0885 e. The lowest BCUT2D eigenvalue weighted by Gasteiger charge is -2.10. The summed E-state index contributed by atoms with van der Waals surface area (Å²) < 4.78 is 0. The zero-order chi connectivity index (χ0) is 19.3. The van der Waals surface area contributed by atoms with Crippen molar-refractivity contribution in [2.45, 2.75) is 143 Å². The molecule has 2 unspecified atom stereocenters. The van der Waals surface area contributed by atoms with Crippen LogP contribution in [0.15, 0.2) is 12.2 Å². The smallest absolute Gasteiger partial charge is 0.0325 e. The van der Waals surface area contributed by atoms with Crippen LogP contribution in [-0.4, -0.2) is 0 Å². The van der Waals surface area contributed by atoms with Gasteiger partial charge in [0.15, 0.2) is 0 Å². The Balaban J connectivity index is 3.37. The van der Waals surface area contributed by atoms with Crippen LogP contribution in [0.25, 0.3) is 0 Å². The molecule has 0 amide bonds. The van der Waals surface area contributed by atoms with E-state index in [4.69, 9.17) is 0 Å². The standard InChI is InChI=1S/C26H52/c1-5-7-9-11-13-17-21-25(3)23-19-15-16-20-24-26(4)22-18-14-12-10-8-6-2/h15,19,25-26H,5-14,16-18,20-24H2,1-4H3. The van der Waals surface area contributed by atoms with E-state index < -0.39 is 0 Å². The van der Waals surface area contributed by atoms with Crippen molar-refractivity contribution < 1.29 is 0 Å². The molecule has 0 aliphatic heterocycles. The molecule has 0 saturated carbocycles. The summed E-state index contributed by atoms with van der Waals surface area (Å²) in [6, 6.07) is 0. The molecule has 0 rings (SSSR count). The van der Waals surface area contributed by atoms with Gasteiger partial charge in [-0.15, -0.1) is 0 Å². The molecule has 0 fully saturated rings. The van der Waals surface area contributed by atoms with Crippen molar-refractivity contribution in [3.63, 3.8) is 0 Å². The lowest BCUT2D eigenvalue weighted by Crippen LogP contribution is -1.95. The molecule has 0 aromatic heterocycles. The van der Waals surface area contributed by atoms with Crippen molar-refractivity contribution in [2.75, 3.05) is 0 Å². The number of allylic oxidation sites excluding steroid dienone is 2. The lowest BCUT2D eigenvalue weighted by molar-refractivity contribution is 0.445. The van der Waals surface area contributed by atoms with Gasteiger partial charge in [0.1, 0.15) is 0 Å². The van der Waals surface area contributed by atoms with E-state index in [9.17, 15) is 0 Å². The molecular formula is C26H52. The Morgan fingerprint density at radius 2 is 0.962 bits per heavy atom. The van der Waals surface area contributed by atoms with Crippen molar-refractivity contribution >= 4 is 0 Å². The van der Waals surface area contributed by atoms with Crippen LogP contribution in [0.1, 0.15) is 143 Å². The SMILES string of the molecule is CCCCCCCCC(C)CC=CCCCC(C)CCCCCCCC. The molecule has 156 valence electrons. The van der Waals surface area contributed by atoms with E-state index >= 15 is 0 Å². The topological polar surface area (TPSA) is 0 Å². The Bertz CT molecular complexity index is 278. The highest BCUT2D eigenvalue weighted by molar-refractivity contribution is 4.83. The predicted molar refractivity (Wildman–Crippen MR) is 122 cm³/mol. The highest BCUT2D eigenvalue weighted by atomic mass is 14.1. The summed E-state index contributed by atoms with van der Waals surface area (Å²) in [5, 5.41) is 0. The van der Waals surface area contributed by atoms with Gasteiger partial charge in [-0.1, -0.05) is 136 Å². The molecule has 0 aromatic carbocycles. The predicted octanol–water partition coefficient (Wildman–Crippen LogP) is 9.88. The molecule has 0 aliphatic rings. The molecule has 0 nitrogen and oxygen atoms in total. The van der Waals surface area contributed by atoms with Gasteiger partial charge in [-0.05, 0) is 31.1 Å². The normalized spacial score (nSPS) is 14.2. The van der Waals surface area contributed by atoms with Crippen molar-refractivity contribution in [3.05, 3.63) is 12.2 Å². The van der Waals surface area contributed by atoms with Crippen LogP contribution in [0, 0.1) is 11.8 Å². The quantitative estimate of drug-likeness (QED) is 0.149. The van der Waals surface area contributed by atoms with Crippen LogP contribution in [-0.2, 0) is 0 Å². The Kier molecular flexibility index (Phi) is 20.8. The van der Waals surface area contributed by atoms with Gasteiger partial charge in [-0.2, -0.15) is 0 Å². The first kappa shape index (κ1) is 25.7. The van der Waals surface area contributed by atoms with E-state index in [0.29, 0.717) is 0 Å². The number of hydrogen-bond acceptors (Lipinski definition) is 0. The Hall–Kier alpha value is -0.260. The molecule has 0 radical (unpaired) electrons. The van der Waals surface area contributed by atoms with Crippen LogP contribution in [0.4, 0.5) is 0 Å². The molecule has 0 N–H and O–H groups in total. The molecule has 2 atom stereocenters. The second-order valence-corrected chi connectivity index (χ2v) is 8.96. The Morgan fingerprint density at radius 3 is 1.54 bits per heavy atom. The summed E-state index contributed by atoms with van der Waals surface area (Å²) in [5.74, 6) is 1.81. The van der Waals surface area contributed by atoms with E-state index in [1.54, 1.807) is 0 Å². The van der Waals surface area contributed by atoms with E-state index in [-0.39, 0.29) is 0 Å². The maximum Gasteiger partial charge on any atom is -0.0325 e. The van der Waals surface area contributed by atoms with E-state index in [1.807, 2.05) is 0 Å². The van der Waals surface area contributed by atoms with Gasteiger partial charge in [-0.25, -0.2) is 0 Å².